The zero-order valence-electron chi connectivity index (χ0n) is 15.5. The second-order valence-electron chi connectivity index (χ2n) is 6.83. The van der Waals surface area contributed by atoms with Crippen molar-refractivity contribution in [1.82, 2.24) is 9.78 Å². The molecule has 1 N–H and O–H groups in total. The van der Waals surface area contributed by atoms with E-state index in [4.69, 9.17) is 0 Å². The minimum absolute atomic E-state index is 0.100. The number of amides is 1. The summed E-state index contributed by atoms with van der Waals surface area (Å²) in [5.74, 6) is -0.591. The molecular formula is C20H20BrN3O3S. The number of aromatic nitrogens is 2. The lowest BCUT2D eigenvalue weighted by Crippen LogP contribution is -2.44. The molecule has 0 atom stereocenters. The summed E-state index contributed by atoms with van der Waals surface area (Å²) in [5.41, 5.74) is 1.48. The number of hydrogen-bond acceptors (Lipinski definition) is 4. The summed E-state index contributed by atoms with van der Waals surface area (Å²) >= 11 is 3.28. The Labute approximate surface area is 172 Å². The third kappa shape index (κ3) is 4.18. The number of carbonyl (C=O) groups is 1. The summed E-state index contributed by atoms with van der Waals surface area (Å²) in [6.45, 7) is 3.37. The summed E-state index contributed by atoms with van der Waals surface area (Å²) in [7, 11) is -3.87. The van der Waals surface area contributed by atoms with Crippen molar-refractivity contribution in [1.29, 1.82) is 0 Å². The average Bonchev–Trinajstić information content (AvgIpc) is 3.15. The number of nitrogens with zero attached hydrogens (tertiary/aromatic N) is 2. The molecule has 0 unspecified atom stereocenters. The number of rotatable bonds is 6. The van der Waals surface area contributed by atoms with Gasteiger partial charge < -0.3 is 5.32 Å². The van der Waals surface area contributed by atoms with Gasteiger partial charge in [-0.1, -0.05) is 28.1 Å². The van der Waals surface area contributed by atoms with Crippen LogP contribution in [0.3, 0.4) is 0 Å². The van der Waals surface area contributed by atoms with Gasteiger partial charge in [-0.2, -0.15) is 5.10 Å². The predicted octanol–water partition coefficient (Wildman–Crippen LogP) is 3.88. The Morgan fingerprint density at radius 1 is 1.14 bits per heavy atom. The van der Waals surface area contributed by atoms with Crippen LogP contribution in [0.25, 0.3) is 0 Å². The highest BCUT2D eigenvalue weighted by molar-refractivity contribution is 9.10. The van der Waals surface area contributed by atoms with Crippen LogP contribution in [0.1, 0.15) is 19.4 Å². The smallest absolute Gasteiger partial charge is 0.245 e. The first-order valence-corrected chi connectivity index (χ1v) is 10.9. The molecule has 3 rings (SSSR count). The minimum atomic E-state index is -3.87. The van der Waals surface area contributed by atoms with Gasteiger partial charge >= 0.3 is 0 Å². The molecule has 2 aromatic carbocycles. The Bertz CT molecular complexity index is 1080. The first kappa shape index (κ1) is 20.3. The fourth-order valence-corrected chi connectivity index (χ4v) is 4.28. The SMILES string of the molecule is CC(C)(C(=O)Nc1cccc(Cn2cccn2)c1)S(=O)(=O)c1ccc(Br)cc1. The molecule has 0 spiro atoms. The monoisotopic (exact) mass is 461 g/mol. The maximum Gasteiger partial charge on any atom is 0.245 e. The average molecular weight is 462 g/mol. The van der Waals surface area contributed by atoms with E-state index in [2.05, 4.69) is 26.3 Å². The molecule has 0 aliphatic heterocycles. The maximum atomic E-state index is 13.0. The van der Waals surface area contributed by atoms with Crippen molar-refractivity contribution in [3.8, 4) is 0 Å². The number of anilines is 1. The van der Waals surface area contributed by atoms with Gasteiger partial charge in [-0.05, 0) is 61.9 Å². The van der Waals surface area contributed by atoms with E-state index < -0.39 is 20.5 Å². The van der Waals surface area contributed by atoms with Gasteiger partial charge in [0.25, 0.3) is 0 Å². The van der Waals surface area contributed by atoms with E-state index in [-0.39, 0.29) is 4.90 Å². The highest BCUT2D eigenvalue weighted by Gasteiger charge is 2.42. The maximum absolute atomic E-state index is 13.0. The molecular weight excluding hydrogens is 442 g/mol. The number of halogens is 1. The molecule has 28 heavy (non-hydrogen) atoms. The number of carbonyl (C=O) groups excluding carboxylic acids is 1. The molecule has 6 nitrogen and oxygen atoms in total. The van der Waals surface area contributed by atoms with Gasteiger partial charge in [0, 0.05) is 22.6 Å². The van der Waals surface area contributed by atoms with Gasteiger partial charge in [0.15, 0.2) is 9.84 Å². The zero-order valence-corrected chi connectivity index (χ0v) is 17.9. The van der Waals surface area contributed by atoms with E-state index in [1.54, 1.807) is 29.1 Å². The lowest BCUT2D eigenvalue weighted by molar-refractivity contribution is -0.117. The van der Waals surface area contributed by atoms with Crippen LogP contribution < -0.4 is 5.32 Å². The number of hydrogen-bond donors (Lipinski definition) is 1. The van der Waals surface area contributed by atoms with Crippen molar-refractivity contribution in [2.24, 2.45) is 0 Å². The van der Waals surface area contributed by atoms with Crippen LogP contribution in [0.5, 0.6) is 0 Å². The minimum Gasteiger partial charge on any atom is -0.325 e. The molecule has 0 aliphatic carbocycles. The molecule has 1 amide bonds. The summed E-state index contributed by atoms with van der Waals surface area (Å²) in [4.78, 5) is 12.9. The second-order valence-corrected chi connectivity index (χ2v) is 10.2. The molecule has 3 aromatic rings. The normalized spacial score (nSPS) is 12.0. The quantitative estimate of drug-likeness (QED) is 0.603. The van der Waals surface area contributed by atoms with Gasteiger partial charge in [0.05, 0.1) is 11.4 Å². The first-order chi connectivity index (χ1) is 13.2. The van der Waals surface area contributed by atoms with E-state index in [1.807, 2.05) is 30.5 Å². The van der Waals surface area contributed by atoms with Crippen LogP contribution in [0.2, 0.25) is 0 Å². The molecule has 0 saturated heterocycles. The van der Waals surface area contributed by atoms with Crippen LogP contribution in [0.4, 0.5) is 5.69 Å². The standard InChI is InChI=1S/C20H20BrN3O3S/c1-20(2,28(26,27)18-9-7-16(21)8-10-18)19(25)23-17-6-3-5-15(13-17)14-24-12-4-11-22-24/h3-13H,14H2,1-2H3,(H,23,25). The van der Waals surface area contributed by atoms with Crippen LogP contribution in [0.15, 0.2) is 76.4 Å². The van der Waals surface area contributed by atoms with Gasteiger partial charge in [-0.25, -0.2) is 8.42 Å². The Balaban J connectivity index is 1.80. The lowest BCUT2D eigenvalue weighted by Gasteiger charge is -2.24. The van der Waals surface area contributed by atoms with Crippen molar-refractivity contribution in [3.63, 3.8) is 0 Å². The van der Waals surface area contributed by atoms with E-state index in [0.717, 1.165) is 10.0 Å². The molecule has 0 radical (unpaired) electrons. The third-order valence-corrected chi connectivity index (χ3v) is 7.38. The van der Waals surface area contributed by atoms with Crippen molar-refractivity contribution in [2.75, 3.05) is 5.32 Å². The van der Waals surface area contributed by atoms with Gasteiger partial charge in [-0.3, -0.25) is 9.48 Å². The number of nitrogens with one attached hydrogen (secondary N) is 1. The molecule has 1 heterocycles. The Morgan fingerprint density at radius 2 is 1.86 bits per heavy atom. The Morgan fingerprint density at radius 3 is 2.50 bits per heavy atom. The van der Waals surface area contributed by atoms with Crippen molar-refractivity contribution in [3.05, 3.63) is 77.0 Å². The van der Waals surface area contributed by atoms with Crippen molar-refractivity contribution in [2.45, 2.75) is 30.0 Å². The summed E-state index contributed by atoms with van der Waals surface area (Å²) in [6, 6.07) is 15.3. The van der Waals surface area contributed by atoms with Gasteiger partial charge in [0.1, 0.15) is 4.75 Å². The van der Waals surface area contributed by atoms with Gasteiger partial charge in [0.2, 0.25) is 5.91 Å². The molecule has 0 aliphatic rings. The fraction of sp³-hybridized carbons (Fsp3) is 0.200. The Kier molecular flexibility index (Phi) is 5.71. The molecule has 8 heteroatoms. The predicted molar refractivity (Wildman–Crippen MR) is 112 cm³/mol. The third-order valence-electron chi connectivity index (χ3n) is 4.43. The number of benzene rings is 2. The molecule has 0 saturated carbocycles. The molecule has 146 valence electrons. The molecule has 0 fully saturated rings. The topological polar surface area (TPSA) is 81.1 Å². The lowest BCUT2D eigenvalue weighted by atomic mass is 10.1. The van der Waals surface area contributed by atoms with Crippen molar-refractivity contribution < 1.29 is 13.2 Å². The van der Waals surface area contributed by atoms with E-state index in [9.17, 15) is 13.2 Å². The Hall–Kier alpha value is -2.45. The summed E-state index contributed by atoms with van der Waals surface area (Å²) in [5, 5.41) is 6.89. The molecule has 1 aromatic heterocycles. The van der Waals surface area contributed by atoms with E-state index >= 15 is 0 Å². The highest BCUT2D eigenvalue weighted by atomic mass is 79.9. The molecule has 0 bridgehead atoms. The van der Waals surface area contributed by atoms with E-state index in [0.29, 0.717) is 12.2 Å². The first-order valence-electron chi connectivity index (χ1n) is 8.58. The van der Waals surface area contributed by atoms with Crippen LogP contribution in [0, 0.1) is 0 Å². The number of sulfone groups is 1. The fourth-order valence-electron chi connectivity index (χ4n) is 2.64. The summed E-state index contributed by atoms with van der Waals surface area (Å²) < 4.78 is 26.9. The van der Waals surface area contributed by atoms with Crippen LogP contribution >= 0.6 is 15.9 Å². The summed E-state index contributed by atoms with van der Waals surface area (Å²) in [6.07, 6.45) is 3.54. The highest BCUT2D eigenvalue weighted by Crippen LogP contribution is 2.28. The van der Waals surface area contributed by atoms with Crippen molar-refractivity contribution >= 4 is 37.4 Å². The van der Waals surface area contributed by atoms with Crippen LogP contribution in [-0.2, 0) is 21.2 Å². The zero-order chi connectivity index (χ0) is 20.4. The second kappa shape index (κ2) is 7.89. The van der Waals surface area contributed by atoms with Gasteiger partial charge in [-0.15, -0.1) is 0 Å². The largest absolute Gasteiger partial charge is 0.325 e. The van der Waals surface area contributed by atoms with E-state index in [1.165, 1.54) is 26.0 Å². The van der Waals surface area contributed by atoms with Crippen LogP contribution in [-0.4, -0.2) is 28.9 Å².